The maximum Gasteiger partial charge on any atom is 0.123 e. The van der Waals surface area contributed by atoms with Crippen LogP contribution in [0.5, 0.6) is 5.75 Å². The Balaban J connectivity index is 3.32. The van der Waals surface area contributed by atoms with Gasteiger partial charge in [0.15, 0.2) is 0 Å². The third-order valence-corrected chi connectivity index (χ3v) is 4.50. The minimum Gasteiger partial charge on any atom is -0.507 e. The quantitative estimate of drug-likeness (QED) is 0.634. The van der Waals surface area contributed by atoms with E-state index >= 15 is 0 Å². The Morgan fingerprint density at radius 1 is 1.31 bits per heavy atom. The van der Waals surface area contributed by atoms with Crippen molar-refractivity contribution >= 4 is 19.5 Å². The van der Waals surface area contributed by atoms with Crippen LogP contribution in [0.4, 0.5) is 0 Å². The van der Waals surface area contributed by atoms with Gasteiger partial charge in [-0.2, -0.15) is 0 Å². The maximum absolute atomic E-state index is 10.2. The van der Waals surface area contributed by atoms with E-state index in [0.29, 0.717) is 5.75 Å². The van der Waals surface area contributed by atoms with Gasteiger partial charge in [0.25, 0.3) is 0 Å². The van der Waals surface area contributed by atoms with E-state index < -0.39 is 8.07 Å². The molecule has 16 heavy (non-hydrogen) atoms. The molecule has 3 heteroatoms. The summed E-state index contributed by atoms with van der Waals surface area (Å²) in [6.45, 7) is 11.5. The van der Waals surface area contributed by atoms with Crippen molar-refractivity contribution in [1.29, 1.82) is 0 Å². The zero-order valence-electron chi connectivity index (χ0n) is 10.8. The molecule has 0 amide bonds. The first-order chi connectivity index (χ1) is 7.36. The smallest absolute Gasteiger partial charge is 0.123 e. The topological polar surface area (TPSA) is 32.6 Å². The molecule has 1 N–H and O–H groups in total. The Morgan fingerprint density at radius 2 is 1.94 bits per heavy atom. The molecule has 0 fully saturated rings. The molecule has 0 spiro atoms. The second kappa shape index (κ2) is 4.83. The molecule has 1 aromatic carbocycles. The van der Waals surface area contributed by atoms with E-state index in [-0.39, 0.29) is 0 Å². The molecule has 0 aliphatic carbocycles. The molecule has 0 radical (unpaired) electrons. The molecule has 0 heterocycles. The van der Waals surface area contributed by atoms with Crippen LogP contribution in [0.25, 0.3) is 0 Å². The zero-order valence-corrected chi connectivity index (χ0v) is 11.8. The standard InChI is InChI=1S/C13H21NOSi/c1-6-14-9-11-7-10(2)8-12(13(11)15)16(3,4)5/h7-9,15H,6H2,1-5H3. The molecule has 0 unspecified atom stereocenters. The monoisotopic (exact) mass is 235 g/mol. The van der Waals surface area contributed by atoms with Crippen LogP contribution in [-0.4, -0.2) is 25.9 Å². The van der Waals surface area contributed by atoms with Crippen molar-refractivity contribution in [3.05, 3.63) is 23.3 Å². The molecule has 0 saturated carbocycles. The summed E-state index contributed by atoms with van der Waals surface area (Å²) in [7, 11) is -1.49. The molecule has 2 nitrogen and oxygen atoms in total. The van der Waals surface area contributed by atoms with Crippen molar-refractivity contribution in [2.45, 2.75) is 33.5 Å². The number of nitrogens with zero attached hydrogens (tertiary/aromatic N) is 1. The van der Waals surface area contributed by atoms with Crippen LogP contribution in [0.2, 0.25) is 19.6 Å². The van der Waals surface area contributed by atoms with Crippen LogP contribution in [-0.2, 0) is 0 Å². The van der Waals surface area contributed by atoms with Gasteiger partial charge in [0.1, 0.15) is 5.75 Å². The first kappa shape index (κ1) is 13.0. The first-order valence-electron chi connectivity index (χ1n) is 5.70. The van der Waals surface area contributed by atoms with E-state index in [1.807, 2.05) is 13.0 Å². The summed E-state index contributed by atoms with van der Waals surface area (Å²) in [5, 5.41) is 11.3. The van der Waals surface area contributed by atoms with Crippen molar-refractivity contribution in [3.8, 4) is 5.75 Å². The maximum atomic E-state index is 10.2. The fourth-order valence-electron chi connectivity index (χ4n) is 1.67. The molecule has 1 aromatic rings. The number of hydrogen-bond donors (Lipinski definition) is 1. The number of hydrogen-bond acceptors (Lipinski definition) is 2. The third kappa shape index (κ3) is 2.95. The highest BCUT2D eigenvalue weighted by molar-refractivity contribution is 6.89. The SMILES string of the molecule is CCN=Cc1cc(C)cc([Si](C)(C)C)c1O. The first-order valence-corrected chi connectivity index (χ1v) is 9.20. The number of rotatable bonds is 3. The molecular weight excluding hydrogens is 214 g/mol. The van der Waals surface area contributed by atoms with Crippen LogP contribution in [0, 0.1) is 6.92 Å². The summed E-state index contributed by atoms with van der Waals surface area (Å²) in [6.07, 6.45) is 1.77. The van der Waals surface area contributed by atoms with Gasteiger partial charge < -0.3 is 5.11 Å². The Kier molecular flexibility index (Phi) is 3.91. The van der Waals surface area contributed by atoms with Crippen molar-refractivity contribution in [2.24, 2.45) is 4.99 Å². The van der Waals surface area contributed by atoms with E-state index in [0.717, 1.165) is 17.3 Å². The van der Waals surface area contributed by atoms with Gasteiger partial charge in [0.2, 0.25) is 0 Å². The van der Waals surface area contributed by atoms with Crippen LogP contribution in [0.3, 0.4) is 0 Å². The summed E-state index contributed by atoms with van der Waals surface area (Å²) in [4.78, 5) is 4.20. The van der Waals surface area contributed by atoms with Crippen LogP contribution in [0.1, 0.15) is 18.1 Å². The molecule has 88 valence electrons. The number of phenols is 1. The number of aromatic hydroxyl groups is 1. The molecular formula is C13H21NOSi. The van der Waals surface area contributed by atoms with Crippen LogP contribution >= 0.6 is 0 Å². The van der Waals surface area contributed by atoms with E-state index in [1.54, 1.807) is 6.21 Å². The minimum atomic E-state index is -1.49. The van der Waals surface area contributed by atoms with Gasteiger partial charge in [0.05, 0.1) is 8.07 Å². The van der Waals surface area contributed by atoms with E-state index in [1.165, 1.54) is 5.56 Å². The highest BCUT2D eigenvalue weighted by atomic mass is 28.3. The van der Waals surface area contributed by atoms with Crippen molar-refractivity contribution in [2.75, 3.05) is 6.54 Å². The fraction of sp³-hybridized carbons (Fsp3) is 0.462. The average Bonchev–Trinajstić information content (AvgIpc) is 2.17. The normalized spacial score (nSPS) is 12.3. The number of phenolic OH excluding ortho intramolecular Hbond substituents is 1. The third-order valence-electron chi connectivity index (χ3n) is 2.50. The zero-order chi connectivity index (χ0) is 12.3. The van der Waals surface area contributed by atoms with Gasteiger partial charge >= 0.3 is 0 Å². The van der Waals surface area contributed by atoms with Crippen molar-refractivity contribution < 1.29 is 5.11 Å². The lowest BCUT2D eigenvalue weighted by atomic mass is 10.1. The summed E-state index contributed by atoms with van der Waals surface area (Å²) in [5.41, 5.74) is 2.03. The second-order valence-electron chi connectivity index (χ2n) is 5.13. The van der Waals surface area contributed by atoms with Crippen LogP contribution in [0.15, 0.2) is 17.1 Å². The second-order valence-corrected chi connectivity index (χ2v) is 10.2. The summed E-state index contributed by atoms with van der Waals surface area (Å²) < 4.78 is 0. The molecule has 0 bridgehead atoms. The van der Waals surface area contributed by atoms with E-state index in [9.17, 15) is 5.11 Å². The summed E-state index contributed by atoms with van der Waals surface area (Å²) in [6, 6.07) is 4.09. The Labute approximate surface area is 99.1 Å². The van der Waals surface area contributed by atoms with E-state index in [4.69, 9.17) is 0 Å². The molecule has 0 aliphatic heterocycles. The Hall–Kier alpha value is -1.09. The van der Waals surface area contributed by atoms with Gasteiger partial charge in [0, 0.05) is 18.3 Å². The van der Waals surface area contributed by atoms with Gasteiger partial charge in [-0.1, -0.05) is 31.3 Å². The lowest BCUT2D eigenvalue weighted by molar-refractivity contribution is 0.478. The van der Waals surface area contributed by atoms with Crippen molar-refractivity contribution in [3.63, 3.8) is 0 Å². The highest BCUT2D eigenvalue weighted by Gasteiger charge is 2.22. The van der Waals surface area contributed by atoms with Gasteiger partial charge in [-0.3, -0.25) is 4.99 Å². The predicted molar refractivity (Wildman–Crippen MR) is 74.0 cm³/mol. The average molecular weight is 235 g/mol. The Bertz CT molecular complexity index is 405. The molecule has 1 rings (SSSR count). The lowest BCUT2D eigenvalue weighted by Gasteiger charge is -2.20. The predicted octanol–water partition coefficient (Wildman–Crippen LogP) is 2.68. The van der Waals surface area contributed by atoms with E-state index in [2.05, 4.69) is 37.6 Å². The molecule has 0 atom stereocenters. The largest absolute Gasteiger partial charge is 0.507 e. The van der Waals surface area contributed by atoms with Crippen LogP contribution < -0.4 is 5.19 Å². The number of benzene rings is 1. The van der Waals surface area contributed by atoms with Gasteiger partial charge in [-0.05, 0) is 25.1 Å². The summed E-state index contributed by atoms with van der Waals surface area (Å²) >= 11 is 0. The molecule has 0 aliphatic rings. The number of aliphatic imine (C=N–C) groups is 1. The highest BCUT2D eigenvalue weighted by Crippen LogP contribution is 2.19. The number of aryl methyl sites for hydroxylation is 1. The van der Waals surface area contributed by atoms with Gasteiger partial charge in [-0.25, -0.2) is 0 Å². The fourth-order valence-corrected chi connectivity index (χ4v) is 3.18. The van der Waals surface area contributed by atoms with Crippen molar-refractivity contribution in [1.82, 2.24) is 0 Å². The Morgan fingerprint density at radius 3 is 2.44 bits per heavy atom. The molecule has 0 aromatic heterocycles. The minimum absolute atomic E-state index is 0.418. The molecule has 0 saturated heterocycles. The van der Waals surface area contributed by atoms with Gasteiger partial charge in [-0.15, -0.1) is 0 Å². The lowest BCUT2D eigenvalue weighted by Crippen LogP contribution is -2.38. The summed E-state index contributed by atoms with van der Waals surface area (Å²) in [5.74, 6) is 0.418.